The largest absolute Gasteiger partial charge is 0.387 e. The van der Waals surface area contributed by atoms with Gasteiger partial charge in [0.05, 0.1) is 6.10 Å². The molecule has 0 radical (unpaired) electrons. The first-order valence-corrected chi connectivity index (χ1v) is 5.99. The van der Waals surface area contributed by atoms with Gasteiger partial charge in [0.25, 0.3) is 0 Å². The van der Waals surface area contributed by atoms with Crippen LogP contribution in [-0.2, 0) is 0 Å². The van der Waals surface area contributed by atoms with E-state index in [1.165, 1.54) is 0 Å². The summed E-state index contributed by atoms with van der Waals surface area (Å²) in [6.45, 7) is 6.14. The van der Waals surface area contributed by atoms with Gasteiger partial charge >= 0.3 is 0 Å². The number of aliphatic hydroxyl groups is 1. The third-order valence-electron chi connectivity index (χ3n) is 2.28. The Morgan fingerprint density at radius 1 is 1.13 bits per heavy atom. The van der Waals surface area contributed by atoms with Gasteiger partial charge in [-0.2, -0.15) is 0 Å². The number of aliphatic hydroxyl groups excluding tert-OH is 1. The minimum Gasteiger partial charge on any atom is -0.387 e. The fourth-order valence-corrected chi connectivity index (χ4v) is 1.83. The number of halogens is 1. The van der Waals surface area contributed by atoms with Crippen molar-refractivity contribution in [2.75, 3.05) is 0 Å². The number of rotatable bonds is 4. The first-order chi connectivity index (χ1) is 7.00. The van der Waals surface area contributed by atoms with Crippen molar-refractivity contribution >= 4 is 15.9 Å². The average Bonchev–Trinajstić information content (AvgIpc) is 2.17. The third kappa shape index (κ3) is 3.93. The Labute approximate surface area is 99.8 Å². The van der Waals surface area contributed by atoms with E-state index >= 15 is 0 Å². The smallest absolute Gasteiger partial charge is 0.0940 e. The molecule has 0 aliphatic heterocycles. The molecule has 0 saturated heterocycles. The lowest BCUT2D eigenvalue weighted by atomic mass is 10.0. The van der Waals surface area contributed by atoms with Crippen molar-refractivity contribution in [1.29, 1.82) is 0 Å². The maximum atomic E-state index is 10.1. The minimum absolute atomic E-state index is 0.0613. The summed E-state index contributed by atoms with van der Waals surface area (Å²) in [7, 11) is 0. The van der Waals surface area contributed by atoms with Crippen molar-refractivity contribution in [3.8, 4) is 0 Å². The van der Waals surface area contributed by atoms with E-state index in [1.54, 1.807) is 0 Å². The van der Waals surface area contributed by atoms with E-state index in [0.717, 1.165) is 10.0 Å². The second-order valence-corrected chi connectivity index (χ2v) is 5.02. The molecule has 2 atom stereocenters. The Hall–Kier alpha value is -0.380. The summed E-state index contributed by atoms with van der Waals surface area (Å²) in [6, 6.07) is 8.21. The summed E-state index contributed by atoms with van der Waals surface area (Å²) in [5.41, 5.74) is 0.943. The van der Waals surface area contributed by atoms with Gasteiger partial charge in [0, 0.05) is 16.6 Å². The second-order valence-electron chi connectivity index (χ2n) is 4.11. The lowest BCUT2D eigenvalue weighted by molar-refractivity contribution is 0.132. The molecule has 0 aliphatic rings. The Kier molecular flexibility index (Phi) is 4.77. The Morgan fingerprint density at radius 2 is 1.67 bits per heavy atom. The minimum atomic E-state index is -0.458. The molecule has 2 nitrogen and oxygen atoms in total. The van der Waals surface area contributed by atoms with Crippen LogP contribution in [0.2, 0.25) is 0 Å². The van der Waals surface area contributed by atoms with E-state index in [0.29, 0.717) is 6.04 Å². The molecule has 1 aromatic rings. The van der Waals surface area contributed by atoms with E-state index < -0.39 is 6.10 Å². The Bertz CT molecular complexity index is 297. The second kappa shape index (κ2) is 5.64. The lowest BCUT2D eigenvalue weighted by Gasteiger charge is -2.22. The molecule has 0 saturated carbocycles. The molecule has 1 rings (SSSR count). The fourth-order valence-electron chi connectivity index (χ4n) is 1.57. The quantitative estimate of drug-likeness (QED) is 0.883. The zero-order valence-corrected chi connectivity index (χ0v) is 11.0. The normalized spacial score (nSPS) is 15.3. The maximum Gasteiger partial charge on any atom is 0.0940 e. The molecule has 0 aliphatic carbocycles. The SMILES string of the molecule is CC(C)N[C@H](C)[C@@H](O)c1ccc(Br)cc1. The summed E-state index contributed by atoms with van der Waals surface area (Å²) in [5, 5.41) is 13.3. The van der Waals surface area contributed by atoms with Gasteiger partial charge in [-0.15, -0.1) is 0 Å². The van der Waals surface area contributed by atoms with Crippen LogP contribution in [0.15, 0.2) is 28.7 Å². The van der Waals surface area contributed by atoms with E-state index in [9.17, 15) is 5.11 Å². The zero-order valence-electron chi connectivity index (χ0n) is 9.37. The molecule has 2 N–H and O–H groups in total. The van der Waals surface area contributed by atoms with Crippen molar-refractivity contribution in [2.24, 2.45) is 0 Å². The van der Waals surface area contributed by atoms with Gasteiger partial charge in [0.1, 0.15) is 0 Å². The molecule has 0 amide bonds. The van der Waals surface area contributed by atoms with Crippen LogP contribution in [0.25, 0.3) is 0 Å². The molecule has 0 spiro atoms. The molecule has 0 unspecified atom stereocenters. The van der Waals surface area contributed by atoms with Crippen LogP contribution in [0.1, 0.15) is 32.4 Å². The highest BCUT2D eigenvalue weighted by molar-refractivity contribution is 9.10. The summed E-state index contributed by atoms with van der Waals surface area (Å²) in [4.78, 5) is 0. The zero-order chi connectivity index (χ0) is 11.4. The molecule has 0 aromatic heterocycles. The van der Waals surface area contributed by atoms with Crippen LogP contribution in [0.5, 0.6) is 0 Å². The van der Waals surface area contributed by atoms with Crippen LogP contribution < -0.4 is 5.32 Å². The molecular weight excluding hydrogens is 254 g/mol. The van der Waals surface area contributed by atoms with Crippen LogP contribution in [0.4, 0.5) is 0 Å². The van der Waals surface area contributed by atoms with Gasteiger partial charge < -0.3 is 10.4 Å². The first kappa shape index (κ1) is 12.7. The molecule has 15 heavy (non-hydrogen) atoms. The predicted octanol–water partition coefficient (Wildman–Crippen LogP) is 2.87. The summed E-state index contributed by atoms with van der Waals surface area (Å²) in [6.07, 6.45) is -0.458. The highest BCUT2D eigenvalue weighted by Crippen LogP contribution is 2.19. The topological polar surface area (TPSA) is 32.3 Å². The van der Waals surface area contributed by atoms with Gasteiger partial charge in [-0.25, -0.2) is 0 Å². The fraction of sp³-hybridized carbons (Fsp3) is 0.500. The predicted molar refractivity (Wildman–Crippen MR) is 66.8 cm³/mol. The number of nitrogens with one attached hydrogen (secondary N) is 1. The van der Waals surface area contributed by atoms with Crippen LogP contribution in [-0.4, -0.2) is 17.2 Å². The van der Waals surface area contributed by atoms with Gasteiger partial charge in [0.15, 0.2) is 0 Å². The van der Waals surface area contributed by atoms with E-state index in [4.69, 9.17) is 0 Å². The van der Waals surface area contributed by atoms with Crippen molar-refractivity contribution in [2.45, 2.75) is 39.0 Å². The van der Waals surface area contributed by atoms with Crippen molar-refractivity contribution in [1.82, 2.24) is 5.32 Å². The summed E-state index contributed by atoms with van der Waals surface area (Å²) >= 11 is 3.37. The summed E-state index contributed by atoms with van der Waals surface area (Å²) in [5.74, 6) is 0. The lowest BCUT2D eigenvalue weighted by Crippen LogP contribution is -2.36. The summed E-state index contributed by atoms with van der Waals surface area (Å²) < 4.78 is 1.03. The van der Waals surface area contributed by atoms with Gasteiger partial charge in [-0.1, -0.05) is 41.9 Å². The van der Waals surface area contributed by atoms with E-state index in [1.807, 2.05) is 31.2 Å². The molecule has 0 bridgehead atoms. The Balaban J connectivity index is 2.67. The number of hydrogen-bond donors (Lipinski definition) is 2. The molecule has 84 valence electrons. The first-order valence-electron chi connectivity index (χ1n) is 5.20. The standard InChI is InChI=1S/C12H18BrNO/c1-8(2)14-9(3)12(15)10-4-6-11(13)7-5-10/h4-9,12,14-15H,1-3H3/t9-,12-/m1/s1. The average molecular weight is 272 g/mol. The van der Waals surface area contributed by atoms with Crippen molar-refractivity contribution in [3.63, 3.8) is 0 Å². The number of hydrogen-bond acceptors (Lipinski definition) is 2. The highest BCUT2D eigenvalue weighted by Gasteiger charge is 2.16. The van der Waals surface area contributed by atoms with E-state index in [-0.39, 0.29) is 6.04 Å². The third-order valence-corrected chi connectivity index (χ3v) is 2.81. The van der Waals surface area contributed by atoms with Gasteiger partial charge in [-0.05, 0) is 24.6 Å². The molecule has 0 heterocycles. The van der Waals surface area contributed by atoms with E-state index in [2.05, 4.69) is 35.1 Å². The molecule has 0 fully saturated rings. The molecular formula is C12H18BrNO. The Morgan fingerprint density at radius 3 is 2.13 bits per heavy atom. The van der Waals surface area contributed by atoms with Crippen molar-refractivity contribution < 1.29 is 5.11 Å². The van der Waals surface area contributed by atoms with Crippen LogP contribution in [0.3, 0.4) is 0 Å². The monoisotopic (exact) mass is 271 g/mol. The number of benzene rings is 1. The maximum absolute atomic E-state index is 10.1. The van der Waals surface area contributed by atoms with Crippen molar-refractivity contribution in [3.05, 3.63) is 34.3 Å². The van der Waals surface area contributed by atoms with Gasteiger partial charge in [-0.3, -0.25) is 0 Å². The van der Waals surface area contributed by atoms with Gasteiger partial charge in [0.2, 0.25) is 0 Å². The van der Waals surface area contributed by atoms with Crippen LogP contribution in [0, 0.1) is 0 Å². The van der Waals surface area contributed by atoms with Crippen LogP contribution >= 0.6 is 15.9 Å². The molecule has 1 aromatic carbocycles. The molecule has 3 heteroatoms. The highest BCUT2D eigenvalue weighted by atomic mass is 79.9.